The zero-order valence-electron chi connectivity index (χ0n) is 10.9. The predicted molar refractivity (Wildman–Crippen MR) is 71.6 cm³/mol. The lowest BCUT2D eigenvalue weighted by Gasteiger charge is -2.09. The molecular formula is C13H12FN3O3. The van der Waals surface area contributed by atoms with Gasteiger partial charge in [0.2, 0.25) is 5.88 Å². The number of aryl methyl sites for hydroxylation is 1. The molecule has 1 aromatic carbocycles. The number of ether oxygens (including phenoxy) is 1. The molecular weight excluding hydrogens is 265 g/mol. The monoisotopic (exact) mass is 277 g/mol. The number of pyridine rings is 1. The molecule has 6 nitrogen and oxygen atoms in total. The van der Waals surface area contributed by atoms with Crippen molar-refractivity contribution in [1.29, 1.82) is 0 Å². The number of hydrogen-bond donors (Lipinski definition) is 1. The minimum Gasteiger partial charge on any atom is -0.438 e. The predicted octanol–water partition coefficient (Wildman–Crippen LogP) is 3.27. The molecule has 1 N–H and O–H groups in total. The Kier molecular flexibility index (Phi) is 3.79. The highest BCUT2D eigenvalue weighted by Crippen LogP contribution is 2.28. The summed E-state index contributed by atoms with van der Waals surface area (Å²) in [5.74, 6) is 0.395. The topological polar surface area (TPSA) is 77.3 Å². The van der Waals surface area contributed by atoms with Gasteiger partial charge in [0.25, 0.3) is 5.69 Å². The maximum absolute atomic E-state index is 13.0. The lowest BCUT2D eigenvalue weighted by atomic mass is 10.2. The number of nitrogens with zero attached hydrogens (tertiary/aromatic N) is 2. The Hall–Kier alpha value is -2.70. The normalized spacial score (nSPS) is 10.2. The van der Waals surface area contributed by atoms with Crippen molar-refractivity contribution in [3.05, 3.63) is 51.8 Å². The molecule has 0 aliphatic rings. The first kappa shape index (κ1) is 13.7. The van der Waals surface area contributed by atoms with Crippen molar-refractivity contribution in [1.82, 2.24) is 4.98 Å². The summed E-state index contributed by atoms with van der Waals surface area (Å²) in [7, 11) is 1.60. The number of hydrogen-bond acceptors (Lipinski definition) is 5. The second kappa shape index (κ2) is 5.52. The quantitative estimate of drug-likeness (QED) is 0.685. The number of halogens is 1. The molecule has 0 unspecified atom stereocenters. The van der Waals surface area contributed by atoms with Crippen molar-refractivity contribution in [2.45, 2.75) is 6.92 Å². The van der Waals surface area contributed by atoms with Gasteiger partial charge in [0.1, 0.15) is 17.4 Å². The van der Waals surface area contributed by atoms with Gasteiger partial charge < -0.3 is 10.1 Å². The van der Waals surface area contributed by atoms with E-state index in [9.17, 15) is 14.5 Å². The number of nitro groups is 1. The summed E-state index contributed by atoms with van der Waals surface area (Å²) >= 11 is 0. The van der Waals surface area contributed by atoms with Crippen LogP contribution in [-0.2, 0) is 0 Å². The van der Waals surface area contributed by atoms with Crippen molar-refractivity contribution in [2.75, 3.05) is 12.4 Å². The molecule has 0 saturated heterocycles. The van der Waals surface area contributed by atoms with Gasteiger partial charge in [-0.25, -0.2) is 4.39 Å². The van der Waals surface area contributed by atoms with Gasteiger partial charge in [0, 0.05) is 7.05 Å². The average Bonchev–Trinajstić information content (AvgIpc) is 2.41. The van der Waals surface area contributed by atoms with Crippen LogP contribution in [0.15, 0.2) is 30.3 Å². The third-order valence-corrected chi connectivity index (χ3v) is 2.61. The molecule has 0 aliphatic carbocycles. The number of aromatic nitrogens is 1. The molecule has 2 aromatic rings. The number of rotatable bonds is 4. The molecule has 20 heavy (non-hydrogen) atoms. The van der Waals surface area contributed by atoms with Crippen molar-refractivity contribution < 1.29 is 14.1 Å². The zero-order valence-corrected chi connectivity index (χ0v) is 10.9. The van der Waals surface area contributed by atoms with E-state index in [1.165, 1.54) is 30.3 Å². The Bertz CT molecular complexity index is 661. The highest BCUT2D eigenvalue weighted by molar-refractivity contribution is 5.49. The zero-order chi connectivity index (χ0) is 14.7. The highest BCUT2D eigenvalue weighted by Gasteiger charge is 2.13. The summed E-state index contributed by atoms with van der Waals surface area (Å²) in [6.07, 6.45) is 0. The van der Waals surface area contributed by atoms with E-state index >= 15 is 0 Å². The van der Waals surface area contributed by atoms with E-state index in [4.69, 9.17) is 4.74 Å². The van der Waals surface area contributed by atoms with Crippen LogP contribution in [0.2, 0.25) is 0 Å². The lowest BCUT2D eigenvalue weighted by Crippen LogP contribution is -1.98. The van der Waals surface area contributed by atoms with E-state index in [1.54, 1.807) is 14.0 Å². The van der Waals surface area contributed by atoms with Crippen LogP contribution in [0.25, 0.3) is 0 Å². The molecule has 2 rings (SSSR count). The van der Waals surface area contributed by atoms with E-state index in [2.05, 4.69) is 10.3 Å². The largest absolute Gasteiger partial charge is 0.438 e. The van der Waals surface area contributed by atoms with E-state index in [0.29, 0.717) is 17.1 Å². The molecule has 0 radical (unpaired) electrons. The minimum absolute atomic E-state index is 0.0678. The molecule has 0 aliphatic heterocycles. The van der Waals surface area contributed by atoms with Gasteiger partial charge in [-0.2, -0.15) is 4.98 Å². The first-order valence-corrected chi connectivity index (χ1v) is 5.78. The highest BCUT2D eigenvalue weighted by atomic mass is 19.1. The molecule has 0 atom stereocenters. The van der Waals surface area contributed by atoms with Gasteiger partial charge in [-0.3, -0.25) is 10.1 Å². The fourth-order valence-corrected chi connectivity index (χ4v) is 1.62. The van der Waals surface area contributed by atoms with E-state index in [1.807, 2.05) is 0 Å². The van der Waals surface area contributed by atoms with Crippen LogP contribution in [-0.4, -0.2) is 17.0 Å². The average molecular weight is 277 g/mol. The van der Waals surface area contributed by atoms with Gasteiger partial charge in [-0.1, -0.05) is 0 Å². The SMILES string of the molecule is CNc1cc([N+](=O)[O-])cc(Oc2ccc(F)cc2C)n1. The van der Waals surface area contributed by atoms with Crippen LogP contribution in [0, 0.1) is 22.9 Å². The summed E-state index contributed by atoms with van der Waals surface area (Å²) in [5, 5.41) is 13.5. The third kappa shape index (κ3) is 3.00. The fourth-order valence-electron chi connectivity index (χ4n) is 1.62. The molecule has 1 heterocycles. The summed E-state index contributed by atoms with van der Waals surface area (Å²) in [5.41, 5.74) is 0.434. The number of nitrogens with one attached hydrogen (secondary N) is 1. The van der Waals surface area contributed by atoms with Crippen LogP contribution >= 0.6 is 0 Å². The molecule has 1 aromatic heterocycles. The first-order valence-electron chi connectivity index (χ1n) is 5.78. The lowest BCUT2D eigenvalue weighted by molar-refractivity contribution is -0.384. The summed E-state index contributed by atoms with van der Waals surface area (Å²) < 4.78 is 18.5. The standard InChI is InChI=1S/C13H12FN3O3/c1-8-5-9(14)3-4-11(8)20-13-7-10(17(18)19)6-12(15-2)16-13/h3-7H,1-2H3,(H,15,16). The molecule has 0 amide bonds. The van der Waals surface area contributed by atoms with E-state index < -0.39 is 4.92 Å². The summed E-state index contributed by atoms with van der Waals surface area (Å²) in [4.78, 5) is 14.4. The molecule has 7 heteroatoms. The van der Waals surface area contributed by atoms with E-state index in [-0.39, 0.29) is 17.4 Å². The molecule has 0 bridgehead atoms. The fraction of sp³-hybridized carbons (Fsp3) is 0.154. The van der Waals surface area contributed by atoms with Crippen LogP contribution in [0.5, 0.6) is 11.6 Å². The van der Waals surface area contributed by atoms with Crippen molar-refractivity contribution in [3.63, 3.8) is 0 Å². The van der Waals surface area contributed by atoms with Gasteiger partial charge in [0.15, 0.2) is 0 Å². The Labute approximate surface area is 114 Å². The summed E-state index contributed by atoms with van der Waals surface area (Å²) in [6, 6.07) is 6.52. The second-order valence-electron chi connectivity index (χ2n) is 4.07. The Morgan fingerprint density at radius 2 is 2.10 bits per heavy atom. The van der Waals surface area contributed by atoms with Crippen LogP contribution in [0.3, 0.4) is 0 Å². The van der Waals surface area contributed by atoms with Crippen molar-refractivity contribution in [2.24, 2.45) is 0 Å². The number of anilines is 1. The molecule has 0 saturated carbocycles. The minimum atomic E-state index is -0.535. The van der Waals surface area contributed by atoms with Gasteiger partial charge in [0.05, 0.1) is 17.1 Å². The first-order chi connectivity index (χ1) is 9.49. The van der Waals surface area contributed by atoms with Crippen LogP contribution < -0.4 is 10.1 Å². The maximum atomic E-state index is 13.0. The second-order valence-corrected chi connectivity index (χ2v) is 4.07. The third-order valence-electron chi connectivity index (χ3n) is 2.61. The van der Waals surface area contributed by atoms with Gasteiger partial charge in [-0.15, -0.1) is 0 Å². The molecule has 104 valence electrons. The Morgan fingerprint density at radius 1 is 1.35 bits per heavy atom. The molecule has 0 spiro atoms. The maximum Gasteiger partial charge on any atom is 0.278 e. The Balaban J connectivity index is 2.37. The summed E-state index contributed by atoms with van der Waals surface area (Å²) in [6.45, 7) is 1.68. The smallest absolute Gasteiger partial charge is 0.278 e. The van der Waals surface area contributed by atoms with Crippen LogP contribution in [0.1, 0.15) is 5.56 Å². The Morgan fingerprint density at radius 3 is 2.70 bits per heavy atom. The number of benzene rings is 1. The van der Waals surface area contributed by atoms with Crippen molar-refractivity contribution >= 4 is 11.5 Å². The van der Waals surface area contributed by atoms with Gasteiger partial charge >= 0.3 is 0 Å². The van der Waals surface area contributed by atoms with Crippen molar-refractivity contribution in [3.8, 4) is 11.6 Å². The van der Waals surface area contributed by atoms with Gasteiger partial charge in [-0.05, 0) is 30.7 Å². The van der Waals surface area contributed by atoms with E-state index in [0.717, 1.165) is 0 Å². The molecule has 0 fully saturated rings. The van der Waals surface area contributed by atoms with Crippen LogP contribution in [0.4, 0.5) is 15.9 Å².